The van der Waals surface area contributed by atoms with E-state index in [1.807, 2.05) is 18.2 Å². The van der Waals surface area contributed by atoms with Gasteiger partial charge in [-0.25, -0.2) is 0 Å². The van der Waals surface area contributed by atoms with E-state index < -0.39 is 0 Å². The molecule has 0 aliphatic carbocycles. The van der Waals surface area contributed by atoms with Gasteiger partial charge in [0.15, 0.2) is 0 Å². The largest absolute Gasteiger partial charge is 0.377 e. The van der Waals surface area contributed by atoms with Crippen LogP contribution in [-0.4, -0.2) is 18.2 Å². The Labute approximate surface area is 77.3 Å². The van der Waals surface area contributed by atoms with Crippen molar-refractivity contribution >= 4 is 12.4 Å². The predicted octanol–water partition coefficient (Wildman–Crippen LogP) is 0.688. The number of halogens is 1. The van der Waals surface area contributed by atoms with Crippen LogP contribution in [0.5, 0.6) is 0 Å². The molecule has 0 radical (unpaired) electrons. The molecule has 2 rings (SSSR count). The molecule has 66 valence electrons. The molecule has 0 saturated carbocycles. The summed E-state index contributed by atoms with van der Waals surface area (Å²) in [5, 5.41) is 0. The third kappa shape index (κ3) is 1.43. The molecule has 0 bridgehead atoms. The Morgan fingerprint density at radius 3 is 2.58 bits per heavy atom. The van der Waals surface area contributed by atoms with Crippen LogP contribution in [-0.2, 0) is 10.3 Å². The monoisotopic (exact) mass is 186 g/mol. The van der Waals surface area contributed by atoms with Gasteiger partial charge in [0.1, 0.15) is 5.54 Å². The SMILES string of the molecule is Cl.NC1(c2ccccn2)COC1. The van der Waals surface area contributed by atoms with E-state index >= 15 is 0 Å². The molecule has 3 nitrogen and oxygen atoms in total. The first-order chi connectivity index (χ1) is 5.31. The molecule has 12 heavy (non-hydrogen) atoms. The zero-order chi connectivity index (χ0) is 7.73. The smallest absolute Gasteiger partial charge is 0.106 e. The summed E-state index contributed by atoms with van der Waals surface area (Å²) >= 11 is 0. The summed E-state index contributed by atoms with van der Waals surface area (Å²) in [6.45, 7) is 1.17. The zero-order valence-corrected chi connectivity index (χ0v) is 7.38. The van der Waals surface area contributed by atoms with Gasteiger partial charge in [0.2, 0.25) is 0 Å². The number of nitrogens with two attached hydrogens (primary N) is 1. The van der Waals surface area contributed by atoms with E-state index in [2.05, 4.69) is 4.98 Å². The zero-order valence-electron chi connectivity index (χ0n) is 6.56. The summed E-state index contributed by atoms with van der Waals surface area (Å²) in [4.78, 5) is 4.17. The quantitative estimate of drug-likeness (QED) is 0.702. The van der Waals surface area contributed by atoms with Crippen molar-refractivity contribution in [3.8, 4) is 0 Å². The molecule has 0 amide bonds. The molecular weight excluding hydrogens is 176 g/mol. The molecule has 1 saturated heterocycles. The van der Waals surface area contributed by atoms with Gasteiger partial charge in [0, 0.05) is 6.20 Å². The molecule has 0 unspecified atom stereocenters. The maximum atomic E-state index is 5.94. The molecule has 1 aromatic heterocycles. The Bertz CT molecular complexity index is 248. The Morgan fingerprint density at radius 2 is 2.17 bits per heavy atom. The molecule has 0 spiro atoms. The molecule has 1 fully saturated rings. The van der Waals surface area contributed by atoms with Gasteiger partial charge >= 0.3 is 0 Å². The Morgan fingerprint density at radius 1 is 1.42 bits per heavy atom. The van der Waals surface area contributed by atoms with Crippen molar-refractivity contribution in [3.63, 3.8) is 0 Å². The number of pyridine rings is 1. The summed E-state index contributed by atoms with van der Waals surface area (Å²) in [6, 6.07) is 5.75. The van der Waals surface area contributed by atoms with E-state index in [1.165, 1.54) is 0 Å². The number of nitrogens with zero attached hydrogens (tertiary/aromatic N) is 1. The maximum Gasteiger partial charge on any atom is 0.106 e. The second kappa shape index (κ2) is 3.39. The van der Waals surface area contributed by atoms with Crippen LogP contribution in [0.1, 0.15) is 5.69 Å². The molecule has 1 aliphatic rings. The average Bonchev–Trinajstić information content (AvgIpc) is 2.02. The third-order valence-electron chi connectivity index (χ3n) is 1.89. The second-order valence-electron chi connectivity index (χ2n) is 2.86. The minimum atomic E-state index is -0.318. The van der Waals surface area contributed by atoms with Crippen molar-refractivity contribution < 1.29 is 4.74 Å². The Balaban J connectivity index is 0.000000720. The molecule has 0 aromatic carbocycles. The molecule has 4 heteroatoms. The minimum absolute atomic E-state index is 0. The molecule has 1 aliphatic heterocycles. The van der Waals surface area contributed by atoms with Gasteiger partial charge in [-0.2, -0.15) is 0 Å². The lowest BCUT2D eigenvalue weighted by atomic mass is 9.94. The van der Waals surface area contributed by atoms with Crippen molar-refractivity contribution in [2.24, 2.45) is 5.73 Å². The van der Waals surface area contributed by atoms with Crippen molar-refractivity contribution in [1.29, 1.82) is 0 Å². The summed E-state index contributed by atoms with van der Waals surface area (Å²) < 4.78 is 5.03. The summed E-state index contributed by atoms with van der Waals surface area (Å²) in [5.41, 5.74) is 6.54. The highest BCUT2D eigenvalue weighted by Gasteiger charge is 2.37. The molecule has 0 atom stereocenters. The third-order valence-corrected chi connectivity index (χ3v) is 1.89. The van der Waals surface area contributed by atoms with Gasteiger partial charge in [-0.05, 0) is 12.1 Å². The van der Waals surface area contributed by atoms with Gasteiger partial charge in [-0.3, -0.25) is 4.98 Å². The highest BCUT2D eigenvalue weighted by molar-refractivity contribution is 5.85. The van der Waals surface area contributed by atoms with E-state index in [-0.39, 0.29) is 17.9 Å². The number of hydrogen-bond donors (Lipinski definition) is 1. The summed E-state index contributed by atoms with van der Waals surface area (Å²) in [5.74, 6) is 0. The van der Waals surface area contributed by atoms with Crippen LogP contribution in [0.25, 0.3) is 0 Å². The number of aromatic nitrogens is 1. The first-order valence-corrected chi connectivity index (χ1v) is 3.59. The van der Waals surface area contributed by atoms with Gasteiger partial charge in [0.05, 0.1) is 18.9 Å². The highest BCUT2D eigenvalue weighted by atomic mass is 35.5. The van der Waals surface area contributed by atoms with Crippen LogP contribution in [0.3, 0.4) is 0 Å². The minimum Gasteiger partial charge on any atom is -0.377 e. The van der Waals surface area contributed by atoms with Crippen LogP contribution in [0, 0.1) is 0 Å². The highest BCUT2D eigenvalue weighted by Crippen LogP contribution is 2.23. The fraction of sp³-hybridized carbons (Fsp3) is 0.375. The van der Waals surface area contributed by atoms with E-state index in [4.69, 9.17) is 10.5 Å². The lowest BCUT2D eigenvalue weighted by Gasteiger charge is -2.36. The fourth-order valence-corrected chi connectivity index (χ4v) is 1.13. The van der Waals surface area contributed by atoms with Gasteiger partial charge < -0.3 is 10.5 Å². The van der Waals surface area contributed by atoms with Gasteiger partial charge in [0.25, 0.3) is 0 Å². The molecule has 2 N–H and O–H groups in total. The number of hydrogen-bond acceptors (Lipinski definition) is 3. The lowest BCUT2D eigenvalue weighted by molar-refractivity contribution is -0.0590. The maximum absolute atomic E-state index is 5.94. The fourth-order valence-electron chi connectivity index (χ4n) is 1.13. The lowest BCUT2D eigenvalue weighted by Crippen LogP contribution is -2.54. The van der Waals surface area contributed by atoms with Crippen LogP contribution < -0.4 is 5.73 Å². The first kappa shape index (κ1) is 9.45. The Hall–Kier alpha value is -0.640. The second-order valence-corrected chi connectivity index (χ2v) is 2.86. The standard InChI is InChI=1S/C8H10N2O.ClH/c9-8(5-11-6-8)7-3-1-2-4-10-7;/h1-4H,5-6,9H2;1H. The summed E-state index contributed by atoms with van der Waals surface area (Å²) in [7, 11) is 0. The van der Waals surface area contributed by atoms with Crippen LogP contribution in [0.2, 0.25) is 0 Å². The topological polar surface area (TPSA) is 48.1 Å². The number of ether oxygens (including phenoxy) is 1. The van der Waals surface area contributed by atoms with Crippen LogP contribution >= 0.6 is 12.4 Å². The Kier molecular flexibility index (Phi) is 2.67. The van der Waals surface area contributed by atoms with Crippen LogP contribution in [0.4, 0.5) is 0 Å². The van der Waals surface area contributed by atoms with Crippen LogP contribution in [0.15, 0.2) is 24.4 Å². The molecular formula is C8H11ClN2O. The first-order valence-electron chi connectivity index (χ1n) is 3.59. The van der Waals surface area contributed by atoms with Gasteiger partial charge in [-0.15, -0.1) is 12.4 Å². The van der Waals surface area contributed by atoms with Crippen molar-refractivity contribution in [2.75, 3.05) is 13.2 Å². The molecule has 2 heterocycles. The van der Waals surface area contributed by atoms with E-state index in [0.717, 1.165) is 5.69 Å². The van der Waals surface area contributed by atoms with Crippen molar-refractivity contribution in [1.82, 2.24) is 4.98 Å². The molecule has 1 aromatic rings. The normalized spacial score (nSPS) is 19.1. The van der Waals surface area contributed by atoms with Gasteiger partial charge in [-0.1, -0.05) is 6.07 Å². The average molecular weight is 187 g/mol. The van der Waals surface area contributed by atoms with E-state index in [9.17, 15) is 0 Å². The summed E-state index contributed by atoms with van der Waals surface area (Å²) in [6.07, 6.45) is 1.75. The van der Waals surface area contributed by atoms with Crippen molar-refractivity contribution in [2.45, 2.75) is 5.54 Å². The number of rotatable bonds is 1. The predicted molar refractivity (Wildman–Crippen MR) is 48.2 cm³/mol. The van der Waals surface area contributed by atoms with Crippen molar-refractivity contribution in [3.05, 3.63) is 30.1 Å². The van der Waals surface area contributed by atoms with E-state index in [0.29, 0.717) is 13.2 Å². The van der Waals surface area contributed by atoms with E-state index in [1.54, 1.807) is 6.20 Å².